The van der Waals surface area contributed by atoms with Gasteiger partial charge in [0.15, 0.2) is 6.61 Å². The molecule has 1 aromatic rings. The van der Waals surface area contributed by atoms with Crippen LogP contribution in [0.25, 0.3) is 0 Å². The molecule has 1 aliphatic rings. The van der Waals surface area contributed by atoms with Crippen molar-refractivity contribution in [3.63, 3.8) is 0 Å². The molecule has 1 atom stereocenters. The second-order valence-corrected chi connectivity index (χ2v) is 7.75. The molecule has 2 rings (SSSR count). The monoisotopic (exact) mass is 369 g/mol. The van der Waals surface area contributed by atoms with E-state index in [4.69, 9.17) is 4.74 Å². The van der Waals surface area contributed by atoms with Crippen LogP contribution < -0.4 is 14.8 Å². The average molecular weight is 369 g/mol. The van der Waals surface area contributed by atoms with E-state index in [9.17, 15) is 18.0 Å². The zero-order chi connectivity index (χ0) is 18.4. The molecule has 2 N–H and O–H groups in total. The Morgan fingerprint density at radius 2 is 2.00 bits per heavy atom. The minimum atomic E-state index is -3.58. The van der Waals surface area contributed by atoms with Crippen molar-refractivity contribution in [2.24, 2.45) is 0 Å². The quantitative estimate of drug-likeness (QED) is 0.701. The second kappa shape index (κ2) is 8.30. The van der Waals surface area contributed by atoms with Crippen LogP contribution >= 0.6 is 0 Å². The summed E-state index contributed by atoms with van der Waals surface area (Å²) in [6, 6.07) is 7.29. The zero-order valence-electron chi connectivity index (χ0n) is 14.3. The van der Waals surface area contributed by atoms with Crippen molar-refractivity contribution < 1.29 is 22.7 Å². The van der Waals surface area contributed by atoms with Gasteiger partial charge in [-0.05, 0) is 24.1 Å². The van der Waals surface area contributed by atoms with E-state index < -0.39 is 15.9 Å². The number of sulfonamides is 1. The molecule has 0 bridgehead atoms. The third kappa shape index (κ3) is 6.35. The maximum atomic E-state index is 11.7. The molecule has 8 nitrogen and oxygen atoms in total. The van der Waals surface area contributed by atoms with E-state index in [1.165, 1.54) is 0 Å². The van der Waals surface area contributed by atoms with Crippen molar-refractivity contribution in [2.75, 3.05) is 32.5 Å². The van der Waals surface area contributed by atoms with E-state index in [0.717, 1.165) is 31.3 Å². The lowest BCUT2D eigenvalue weighted by molar-refractivity contribution is -0.131. The zero-order valence-corrected chi connectivity index (χ0v) is 15.1. The van der Waals surface area contributed by atoms with E-state index in [1.807, 2.05) is 21.8 Å². The number of hydrogen-bond acceptors (Lipinski definition) is 6. The fraction of sp³-hybridized carbons (Fsp3) is 0.500. The van der Waals surface area contributed by atoms with Gasteiger partial charge in [-0.1, -0.05) is 12.1 Å². The van der Waals surface area contributed by atoms with Crippen LogP contribution in [0, 0.1) is 0 Å². The van der Waals surface area contributed by atoms with Crippen molar-refractivity contribution in [3.8, 4) is 5.75 Å². The van der Waals surface area contributed by atoms with Gasteiger partial charge in [-0.25, -0.2) is 8.42 Å². The van der Waals surface area contributed by atoms with Gasteiger partial charge in [-0.2, -0.15) is 0 Å². The summed E-state index contributed by atoms with van der Waals surface area (Å²) < 4.78 is 29.0. The molecule has 9 heteroatoms. The number of hydrogen-bond donors (Lipinski definition) is 2. The van der Waals surface area contributed by atoms with Crippen LogP contribution in [0.5, 0.6) is 5.75 Å². The molecule has 1 saturated heterocycles. The molecule has 1 aliphatic heterocycles. The first-order chi connectivity index (χ1) is 11.7. The third-order valence-electron chi connectivity index (χ3n) is 3.82. The van der Waals surface area contributed by atoms with E-state index in [-0.39, 0.29) is 18.6 Å². The summed E-state index contributed by atoms with van der Waals surface area (Å²) in [5, 5.41) is 3.29. The van der Waals surface area contributed by atoms with Gasteiger partial charge < -0.3 is 15.0 Å². The Labute approximate surface area is 147 Å². The van der Waals surface area contributed by atoms with E-state index in [0.29, 0.717) is 12.3 Å². The molecule has 1 fully saturated rings. The maximum Gasteiger partial charge on any atom is 0.271 e. The molecule has 0 saturated carbocycles. The number of nitrogens with zero attached hydrogens (tertiary/aromatic N) is 1. The van der Waals surface area contributed by atoms with Crippen LogP contribution in [0.15, 0.2) is 24.3 Å². The minimum Gasteiger partial charge on any atom is -0.484 e. The summed E-state index contributed by atoms with van der Waals surface area (Å²) in [6.45, 7) is 3.46. The Hall–Kier alpha value is -2.13. The first-order valence-corrected chi connectivity index (χ1v) is 9.84. The highest BCUT2D eigenvalue weighted by atomic mass is 32.2. The SMILES string of the molecule is CC(=O)N1CCNC[C@H]1Cc1ccc(OCC(=O)NS(C)(=O)=O)cc1. The van der Waals surface area contributed by atoms with Gasteiger partial charge in [0.25, 0.3) is 5.91 Å². The maximum absolute atomic E-state index is 11.7. The topological polar surface area (TPSA) is 105 Å². The molecular formula is C16H23N3O5S. The normalized spacial score (nSPS) is 17.8. The summed E-state index contributed by atoms with van der Waals surface area (Å²) in [5.74, 6) is -0.183. The van der Waals surface area contributed by atoms with E-state index >= 15 is 0 Å². The number of piperazine rings is 1. The molecule has 0 aliphatic carbocycles. The van der Waals surface area contributed by atoms with Crippen LogP contribution in [0.2, 0.25) is 0 Å². The Morgan fingerprint density at radius 3 is 2.60 bits per heavy atom. The van der Waals surface area contributed by atoms with Gasteiger partial charge in [0.1, 0.15) is 5.75 Å². The molecule has 1 aromatic carbocycles. The van der Waals surface area contributed by atoms with Crippen LogP contribution in [0.1, 0.15) is 12.5 Å². The minimum absolute atomic E-state index is 0.0725. The van der Waals surface area contributed by atoms with Crippen LogP contribution in [0.4, 0.5) is 0 Å². The van der Waals surface area contributed by atoms with Gasteiger partial charge >= 0.3 is 0 Å². The van der Waals surface area contributed by atoms with Crippen LogP contribution in [-0.4, -0.2) is 63.7 Å². The third-order valence-corrected chi connectivity index (χ3v) is 4.42. The lowest BCUT2D eigenvalue weighted by atomic mass is 10.0. The van der Waals surface area contributed by atoms with Crippen LogP contribution in [0.3, 0.4) is 0 Å². The fourth-order valence-electron chi connectivity index (χ4n) is 2.74. The summed E-state index contributed by atoms with van der Waals surface area (Å²) in [6.07, 6.45) is 1.63. The predicted octanol–water partition coefficient (Wildman–Crippen LogP) is -0.496. The van der Waals surface area contributed by atoms with Crippen molar-refractivity contribution in [2.45, 2.75) is 19.4 Å². The highest BCUT2D eigenvalue weighted by Crippen LogP contribution is 2.16. The summed E-state index contributed by atoms with van der Waals surface area (Å²) in [4.78, 5) is 25.0. The van der Waals surface area contributed by atoms with E-state index in [1.54, 1.807) is 19.1 Å². The second-order valence-electron chi connectivity index (χ2n) is 6.00. The van der Waals surface area contributed by atoms with Crippen molar-refractivity contribution in [3.05, 3.63) is 29.8 Å². The van der Waals surface area contributed by atoms with Crippen molar-refractivity contribution >= 4 is 21.8 Å². The van der Waals surface area contributed by atoms with Gasteiger partial charge in [0, 0.05) is 32.6 Å². The summed E-state index contributed by atoms with van der Waals surface area (Å²) in [5.41, 5.74) is 1.05. The number of carbonyl (C=O) groups excluding carboxylic acids is 2. The Kier molecular flexibility index (Phi) is 6.38. The molecule has 2 amide bonds. The first-order valence-electron chi connectivity index (χ1n) is 7.95. The van der Waals surface area contributed by atoms with Gasteiger partial charge in [0.2, 0.25) is 15.9 Å². The highest BCUT2D eigenvalue weighted by Gasteiger charge is 2.24. The molecular weight excluding hydrogens is 346 g/mol. The molecule has 0 spiro atoms. The van der Waals surface area contributed by atoms with Crippen molar-refractivity contribution in [1.82, 2.24) is 14.9 Å². The molecule has 0 aromatic heterocycles. The number of benzene rings is 1. The standard InChI is InChI=1S/C16H23N3O5S/c1-12(20)19-8-7-17-10-14(19)9-13-3-5-15(6-4-13)24-11-16(21)18-25(2,22)23/h3-6,14,17H,7-11H2,1-2H3,(H,18,21)/t14-/m1/s1. The largest absolute Gasteiger partial charge is 0.484 e. The van der Waals surface area contributed by atoms with Gasteiger partial charge in [-0.3, -0.25) is 14.3 Å². The molecule has 1 heterocycles. The highest BCUT2D eigenvalue weighted by molar-refractivity contribution is 7.89. The van der Waals surface area contributed by atoms with E-state index in [2.05, 4.69) is 5.32 Å². The number of amides is 2. The first kappa shape index (κ1) is 19.2. The Morgan fingerprint density at radius 1 is 1.32 bits per heavy atom. The number of ether oxygens (including phenoxy) is 1. The molecule has 25 heavy (non-hydrogen) atoms. The Bertz CT molecular complexity index is 718. The molecule has 0 radical (unpaired) electrons. The van der Waals surface area contributed by atoms with Gasteiger partial charge in [0.05, 0.1) is 6.26 Å². The lowest BCUT2D eigenvalue weighted by Crippen LogP contribution is -2.53. The average Bonchev–Trinajstić information content (AvgIpc) is 2.53. The van der Waals surface area contributed by atoms with Crippen molar-refractivity contribution in [1.29, 1.82) is 0 Å². The predicted molar refractivity (Wildman–Crippen MR) is 92.7 cm³/mol. The fourth-order valence-corrected chi connectivity index (χ4v) is 3.21. The van der Waals surface area contributed by atoms with Crippen LogP contribution in [-0.2, 0) is 26.0 Å². The summed E-state index contributed by atoms with van der Waals surface area (Å²) in [7, 11) is -3.58. The summed E-state index contributed by atoms with van der Waals surface area (Å²) >= 11 is 0. The van der Waals surface area contributed by atoms with Gasteiger partial charge in [-0.15, -0.1) is 0 Å². The molecule has 0 unspecified atom stereocenters. The lowest BCUT2D eigenvalue weighted by Gasteiger charge is -2.35. The smallest absolute Gasteiger partial charge is 0.271 e. The number of carbonyl (C=O) groups is 2. The Balaban J connectivity index is 1.89. The number of nitrogens with one attached hydrogen (secondary N) is 2. The molecule has 138 valence electrons. The number of rotatable bonds is 6.